The summed E-state index contributed by atoms with van der Waals surface area (Å²) in [4.78, 5) is 23.1. The van der Waals surface area contributed by atoms with Crippen molar-refractivity contribution in [3.8, 4) is 0 Å². The molecule has 0 aromatic heterocycles. The van der Waals surface area contributed by atoms with Crippen LogP contribution in [-0.2, 0) is 19.1 Å². The third-order valence-electron chi connectivity index (χ3n) is 3.41. The van der Waals surface area contributed by atoms with Crippen molar-refractivity contribution in [3.63, 3.8) is 0 Å². The monoisotopic (exact) mass is 210 g/mol. The van der Waals surface area contributed by atoms with E-state index in [0.717, 1.165) is 6.42 Å². The van der Waals surface area contributed by atoms with Crippen LogP contribution in [0.3, 0.4) is 0 Å². The maximum absolute atomic E-state index is 11.6. The molecule has 4 heteroatoms. The molecule has 82 valence electrons. The quantitative estimate of drug-likeness (QED) is 0.499. The summed E-state index contributed by atoms with van der Waals surface area (Å²) in [7, 11) is 2.71. The van der Waals surface area contributed by atoms with Gasteiger partial charge in [-0.25, -0.2) is 0 Å². The van der Waals surface area contributed by atoms with Gasteiger partial charge in [0.1, 0.15) is 0 Å². The van der Waals surface area contributed by atoms with Crippen molar-refractivity contribution >= 4 is 11.9 Å². The average Bonchev–Trinajstić information content (AvgIpc) is 2.86. The van der Waals surface area contributed by atoms with Crippen molar-refractivity contribution in [2.45, 2.75) is 6.42 Å². The zero-order valence-electron chi connectivity index (χ0n) is 8.80. The molecule has 2 aliphatic carbocycles. The molecule has 4 atom stereocenters. The van der Waals surface area contributed by atoms with E-state index in [9.17, 15) is 9.59 Å². The van der Waals surface area contributed by atoms with E-state index in [1.807, 2.05) is 12.2 Å². The van der Waals surface area contributed by atoms with Gasteiger partial charge in [-0.3, -0.25) is 9.59 Å². The lowest BCUT2D eigenvalue weighted by Crippen LogP contribution is -2.34. The van der Waals surface area contributed by atoms with Crippen molar-refractivity contribution in [2.75, 3.05) is 14.2 Å². The molecule has 1 saturated carbocycles. The molecule has 0 aliphatic heterocycles. The highest BCUT2D eigenvalue weighted by molar-refractivity contribution is 5.84. The number of allylic oxidation sites excluding steroid dienone is 2. The normalized spacial score (nSPS) is 36.7. The van der Waals surface area contributed by atoms with Crippen molar-refractivity contribution in [2.24, 2.45) is 23.7 Å². The van der Waals surface area contributed by atoms with Crippen LogP contribution in [0.15, 0.2) is 12.2 Å². The minimum absolute atomic E-state index is 0.145. The summed E-state index contributed by atoms with van der Waals surface area (Å²) in [6, 6.07) is 0. The van der Waals surface area contributed by atoms with E-state index in [1.54, 1.807) is 0 Å². The van der Waals surface area contributed by atoms with E-state index >= 15 is 0 Å². The number of esters is 2. The summed E-state index contributed by atoms with van der Waals surface area (Å²) >= 11 is 0. The van der Waals surface area contributed by atoms with E-state index in [1.165, 1.54) is 14.2 Å². The molecule has 0 amide bonds. The molecular formula is C11H14O4. The predicted molar refractivity (Wildman–Crippen MR) is 51.7 cm³/mol. The fraction of sp³-hybridized carbons (Fsp3) is 0.636. The van der Waals surface area contributed by atoms with Crippen LogP contribution in [0.25, 0.3) is 0 Å². The maximum Gasteiger partial charge on any atom is 0.310 e. The molecule has 0 spiro atoms. The minimum Gasteiger partial charge on any atom is -0.469 e. The summed E-state index contributed by atoms with van der Waals surface area (Å²) in [5.74, 6) is -1.02. The third-order valence-corrected chi connectivity index (χ3v) is 3.41. The molecule has 0 aromatic carbocycles. The zero-order chi connectivity index (χ0) is 11.0. The number of carbonyl (C=O) groups is 2. The van der Waals surface area contributed by atoms with Crippen LogP contribution < -0.4 is 0 Å². The average molecular weight is 210 g/mol. The summed E-state index contributed by atoms with van der Waals surface area (Å²) in [6.45, 7) is 0. The second kappa shape index (κ2) is 3.68. The Kier molecular flexibility index (Phi) is 2.50. The fourth-order valence-electron chi connectivity index (χ4n) is 2.74. The number of hydrogen-bond donors (Lipinski definition) is 0. The summed E-state index contributed by atoms with van der Waals surface area (Å²) in [6.07, 6.45) is 4.87. The molecule has 2 aliphatic rings. The minimum atomic E-state index is -0.350. The topological polar surface area (TPSA) is 52.6 Å². The highest BCUT2D eigenvalue weighted by atomic mass is 16.5. The van der Waals surface area contributed by atoms with Crippen molar-refractivity contribution < 1.29 is 19.1 Å². The smallest absolute Gasteiger partial charge is 0.310 e. The molecule has 4 nitrogen and oxygen atoms in total. The number of hydrogen-bond acceptors (Lipinski definition) is 4. The first-order valence-electron chi connectivity index (χ1n) is 5.03. The molecule has 0 heterocycles. The molecule has 1 fully saturated rings. The van der Waals surface area contributed by atoms with Crippen LogP contribution in [0, 0.1) is 23.7 Å². The Balaban J connectivity index is 2.24. The number of methoxy groups -OCH3 is 2. The van der Waals surface area contributed by atoms with Crippen molar-refractivity contribution in [1.82, 2.24) is 0 Å². The van der Waals surface area contributed by atoms with Gasteiger partial charge in [0.2, 0.25) is 0 Å². The first-order chi connectivity index (χ1) is 7.19. The van der Waals surface area contributed by atoms with Gasteiger partial charge in [-0.1, -0.05) is 12.2 Å². The van der Waals surface area contributed by atoms with Crippen LogP contribution in [0.5, 0.6) is 0 Å². The molecule has 0 saturated heterocycles. The lowest BCUT2D eigenvalue weighted by molar-refractivity contribution is -0.158. The Hall–Kier alpha value is -1.32. The van der Waals surface area contributed by atoms with E-state index in [0.29, 0.717) is 0 Å². The fourth-order valence-corrected chi connectivity index (χ4v) is 2.74. The Bertz CT molecular complexity index is 291. The Morgan fingerprint density at radius 2 is 1.40 bits per heavy atom. The SMILES string of the molecule is COC(=O)[C@@H]1[C@@H](C(=O)OC)[C@H]2C=C[C@H]1C2. The lowest BCUT2D eigenvalue weighted by Gasteiger charge is -2.23. The van der Waals surface area contributed by atoms with E-state index in [4.69, 9.17) is 9.47 Å². The highest BCUT2D eigenvalue weighted by Crippen LogP contribution is 2.48. The zero-order valence-corrected chi connectivity index (χ0v) is 8.80. The van der Waals surface area contributed by atoms with Gasteiger partial charge in [-0.15, -0.1) is 0 Å². The van der Waals surface area contributed by atoms with Crippen LogP contribution in [-0.4, -0.2) is 26.2 Å². The summed E-state index contributed by atoms with van der Waals surface area (Å²) in [5, 5.41) is 0. The summed E-state index contributed by atoms with van der Waals surface area (Å²) < 4.78 is 9.46. The first kappa shape index (κ1) is 10.2. The Morgan fingerprint density at radius 3 is 1.73 bits per heavy atom. The third kappa shape index (κ3) is 1.44. The van der Waals surface area contributed by atoms with Crippen LogP contribution in [0.1, 0.15) is 6.42 Å². The van der Waals surface area contributed by atoms with Gasteiger partial charge >= 0.3 is 11.9 Å². The molecule has 2 bridgehead atoms. The summed E-state index contributed by atoms with van der Waals surface area (Å²) in [5.41, 5.74) is 0. The maximum atomic E-state index is 11.6. The number of rotatable bonds is 2. The molecule has 0 unspecified atom stereocenters. The van der Waals surface area contributed by atoms with E-state index < -0.39 is 0 Å². The van der Waals surface area contributed by atoms with Crippen molar-refractivity contribution in [1.29, 1.82) is 0 Å². The molecule has 15 heavy (non-hydrogen) atoms. The largest absolute Gasteiger partial charge is 0.469 e. The van der Waals surface area contributed by atoms with Gasteiger partial charge in [0, 0.05) is 0 Å². The predicted octanol–water partition coefficient (Wildman–Crippen LogP) is 0.771. The molecule has 2 rings (SSSR count). The Morgan fingerprint density at radius 1 is 1.00 bits per heavy atom. The van der Waals surface area contributed by atoms with Gasteiger partial charge in [0.15, 0.2) is 0 Å². The number of carbonyl (C=O) groups excluding carboxylic acids is 2. The second-order valence-electron chi connectivity index (χ2n) is 4.05. The van der Waals surface area contributed by atoms with Crippen LogP contribution in [0.4, 0.5) is 0 Å². The van der Waals surface area contributed by atoms with E-state index in [2.05, 4.69) is 0 Å². The van der Waals surface area contributed by atoms with Gasteiger partial charge in [0.05, 0.1) is 26.1 Å². The van der Waals surface area contributed by atoms with Gasteiger partial charge in [-0.05, 0) is 18.3 Å². The van der Waals surface area contributed by atoms with Gasteiger partial charge in [-0.2, -0.15) is 0 Å². The van der Waals surface area contributed by atoms with Crippen LogP contribution >= 0.6 is 0 Å². The number of ether oxygens (including phenoxy) is 2. The van der Waals surface area contributed by atoms with E-state index in [-0.39, 0.29) is 35.6 Å². The van der Waals surface area contributed by atoms with Crippen molar-refractivity contribution in [3.05, 3.63) is 12.2 Å². The number of fused-ring (bicyclic) bond motifs is 2. The Labute approximate surface area is 88.2 Å². The lowest BCUT2D eigenvalue weighted by atomic mass is 9.83. The first-order valence-corrected chi connectivity index (χ1v) is 5.03. The van der Waals surface area contributed by atoms with Gasteiger partial charge < -0.3 is 9.47 Å². The standard InChI is InChI=1S/C11H14O4/c1-14-10(12)8-6-3-4-7(5-6)9(8)11(13)15-2/h3-4,6-9H,5H2,1-2H3/t6-,7-,8-,9-/m0/s1. The molecular weight excluding hydrogens is 196 g/mol. The molecule has 0 aromatic rings. The van der Waals surface area contributed by atoms with Gasteiger partial charge in [0.25, 0.3) is 0 Å². The molecule has 0 N–H and O–H groups in total. The second-order valence-corrected chi connectivity index (χ2v) is 4.05. The molecule has 0 radical (unpaired) electrons. The van der Waals surface area contributed by atoms with Crippen LogP contribution in [0.2, 0.25) is 0 Å². The highest BCUT2D eigenvalue weighted by Gasteiger charge is 2.52.